The maximum Gasteiger partial charge on any atom is 0.253 e. The number of rotatable bonds is 5. The number of aliphatic imine (C=N–C) groups is 1. The summed E-state index contributed by atoms with van der Waals surface area (Å²) in [6.07, 6.45) is 2.76. The summed E-state index contributed by atoms with van der Waals surface area (Å²) in [5.74, 6) is 0.259. The number of nitrogen functional groups attached to an aromatic ring is 1. The second kappa shape index (κ2) is 8.93. The maximum absolute atomic E-state index is 12.8. The molecular formula is C23H25FN4O3S. The van der Waals surface area contributed by atoms with E-state index in [0.717, 1.165) is 16.7 Å². The number of benzene rings is 2. The monoisotopic (exact) mass is 456 g/mol. The van der Waals surface area contributed by atoms with E-state index in [1.807, 2.05) is 36.4 Å². The predicted molar refractivity (Wildman–Crippen MR) is 124 cm³/mol. The molecule has 1 fully saturated rings. The number of hydrogen-bond donors (Lipinski definition) is 2. The summed E-state index contributed by atoms with van der Waals surface area (Å²) < 4.78 is 27.2. The zero-order valence-corrected chi connectivity index (χ0v) is 18.7. The zero-order valence-electron chi connectivity index (χ0n) is 17.9. The molecule has 0 aromatic heterocycles. The summed E-state index contributed by atoms with van der Waals surface area (Å²) in [4.78, 5) is 21.1. The average molecular weight is 457 g/mol. The standard InChI is InChI=1S/C23H25FN4O3S/c1-15-12-18(25)13-16(2)20(15)6-11-32(30)28-9-7-23(8-10-28)22(29)26-21(27-23)17-4-3-5-19(14-17)31-24/h3-6,11-14H,7-10,25H2,1-2H3,(H,26,27,29)/b11-6+. The lowest BCUT2D eigenvalue weighted by molar-refractivity contribution is -0.124. The second-order valence-electron chi connectivity index (χ2n) is 8.13. The van der Waals surface area contributed by atoms with Gasteiger partial charge in [0, 0.05) is 28.9 Å². The normalized spacial score (nSPS) is 19.2. The van der Waals surface area contributed by atoms with Crippen LogP contribution in [-0.4, -0.2) is 39.2 Å². The highest BCUT2D eigenvalue weighted by Gasteiger charge is 2.47. The summed E-state index contributed by atoms with van der Waals surface area (Å²) in [5, 5.41) is 4.48. The molecule has 2 aromatic carbocycles. The number of amidine groups is 1. The van der Waals surface area contributed by atoms with Gasteiger partial charge in [0.25, 0.3) is 5.91 Å². The van der Waals surface area contributed by atoms with E-state index in [4.69, 9.17) is 5.73 Å². The van der Waals surface area contributed by atoms with Crippen LogP contribution in [0, 0.1) is 13.8 Å². The summed E-state index contributed by atoms with van der Waals surface area (Å²) >= 11 is -1.32. The largest absolute Gasteiger partial charge is 0.593 e. The Bertz CT molecular complexity index is 1070. The molecular weight excluding hydrogens is 431 g/mol. The van der Waals surface area contributed by atoms with Crippen molar-refractivity contribution in [2.24, 2.45) is 4.99 Å². The number of carbonyl (C=O) groups is 1. The molecule has 1 atom stereocenters. The first-order valence-corrected chi connectivity index (χ1v) is 11.5. The van der Waals surface area contributed by atoms with Crippen LogP contribution in [0.15, 0.2) is 46.8 Å². The average Bonchev–Trinajstić information content (AvgIpc) is 3.09. The summed E-state index contributed by atoms with van der Waals surface area (Å²) in [5.41, 5.74) is 9.32. The molecule has 1 spiro atoms. The predicted octanol–water partition coefficient (Wildman–Crippen LogP) is 3.19. The van der Waals surface area contributed by atoms with Gasteiger partial charge in [0.2, 0.25) is 0 Å². The first kappa shape index (κ1) is 22.3. The van der Waals surface area contributed by atoms with Crippen LogP contribution in [0.4, 0.5) is 10.2 Å². The lowest BCUT2D eigenvalue weighted by Crippen LogP contribution is -2.50. The minimum Gasteiger partial charge on any atom is -0.593 e. The number of anilines is 1. The molecule has 2 aliphatic heterocycles. The lowest BCUT2D eigenvalue weighted by Gasteiger charge is -2.34. The van der Waals surface area contributed by atoms with Gasteiger partial charge in [0.1, 0.15) is 16.8 Å². The van der Waals surface area contributed by atoms with Crippen LogP contribution in [-0.2, 0) is 16.2 Å². The number of hydrogen-bond acceptors (Lipinski definition) is 6. The van der Waals surface area contributed by atoms with Crippen LogP contribution in [0.2, 0.25) is 0 Å². The van der Waals surface area contributed by atoms with Crippen molar-refractivity contribution >= 4 is 34.9 Å². The van der Waals surface area contributed by atoms with Gasteiger partial charge in [-0.25, -0.2) is 0 Å². The molecule has 2 heterocycles. The van der Waals surface area contributed by atoms with E-state index in [1.165, 1.54) is 12.1 Å². The van der Waals surface area contributed by atoms with E-state index in [1.54, 1.807) is 17.5 Å². The minimum atomic E-state index is -1.32. The van der Waals surface area contributed by atoms with Gasteiger partial charge >= 0.3 is 0 Å². The Morgan fingerprint density at radius 2 is 1.94 bits per heavy atom. The Kier molecular flexibility index (Phi) is 6.23. The molecule has 3 N–H and O–H groups in total. The molecule has 32 heavy (non-hydrogen) atoms. The Morgan fingerprint density at radius 3 is 2.59 bits per heavy atom. The molecule has 168 valence electrons. The number of aryl methyl sites for hydroxylation is 2. The maximum atomic E-state index is 12.8. The highest BCUT2D eigenvalue weighted by Crippen LogP contribution is 2.33. The number of amides is 1. The summed E-state index contributed by atoms with van der Waals surface area (Å²) in [6.45, 7) is 4.88. The van der Waals surface area contributed by atoms with Crippen molar-refractivity contribution in [2.45, 2.75) is 32.2 Å². The Balaban J connectivity index is 1.44. The second-order valence-corrected chi connectivity index (χ2v) is 9.47. The number of nitrogens with zero attached hydrogens (tertiary/aromatic N) is 2. The van der Waals surface area contributed by atoms with E-state index in [-0.39, 0.29) is 11.7 Å². The molecule has 2 aliphatic rings. The van der Waals surface area contributed by atoms with Crippen molar-refractivity contribution in [2.75, 3.05) is 18.8 Å². The van der Waals surface area contributed by atoms with E-state index in [0.29, 0.717) is 43.0 Å². The van der Waals surface area contributed by atoms with Gasteiger partial charge in [-0.1, -0.05) is 12.1 Å². The molecule has 0 aliphatic carbocycles. The van der Waals surface area contributed by atoms with Crippen molar-refractivity contribution in [3.63, 3.8) is 0 Å². The van der Waals surface area contributed by atoms with Gasteiger partial charge in [-0.2, -0.15) is 0 Å². The van der Waals surface area contributed by atoms with Gasteiger partial charge in [-0.3, -0.25) is 14.7 Å². The SMILES string of the molecule is Cc1cc(N)cc(C)c1/C=C/[S+]([O-])N1CCC2(CC1)N=C(c1cccc(OF)c1)NC2=O. The van der Waals surface area contributed by atoms with E-state index in [9.17, 15) is 13.9 Å². The number of nitrogens with one attached hydrogen (secondary N) is 1. The number of piperidine rings is 1. The van der Waals surface area contributed by atoms with Crippen molar-refractivity contribution in [3.8, 4) is 5.75 Å². The third-order valence-corrected chi connectivity index (χ3v) is 7.19. The summed E-state index contributed by atoms with van der Waals surface area (Å²) in [7, 11) is 0. The zero-order chi connectivity index (χ0) is 22.9. The Hall–Kier alpha value is -2.88. The first-order valence-electron chi connectivity index (χ1n) is 10.3. The number of carbonyl (C=O) groups excluding carboxylic acids is 1. The van der Waals surface area contributed by atoms with Gasteiger partial charge < -0.3 is 15.6 Å². The minimum absolute atomic E-state index is 0.0454. The van der Waals surface area contributed by atoms with Crippen LogP contribution in [0.1, 0.15) is 35.1 Å². The molecule has 0 radical (unpaired) electrons. The fraction of sp³-hybridized carbons (Fsp3) is 0.304. The molecule has 1 saturated heterocycles. The van der Waals surface area contributed by atoms with Gasteiger partial charge in [-0.15, -0.1) is 4.31 Å². The molecule has 9 heteroatoms. The van der Waals surface area contributed by atoms with Gasteiger partial charge in [-0.05, 0) is 73.7 Å². The Morgan fingerprint density at radius 1 is 1.25 bits per heavy atom. The van der Waals surface area contributed by atoms with Gasteiger partial charge in [0.15, 0.2) is 5.75 Å². The first-order chi connectivity index (χ1) is 15.3. The molecule has 2 aromatic rings. The topological polar surface area (TPSA) is 103 Å². The van der Waals surface area contributed by atoms with E-state index < -0.39 is 16.9 Å². The summed E-state index contributed by atoms with van der Waals surface area (Å²) in [6, 6.07) is 10.1. The van der Waals surface area contributed by atoms with Crippen molar-refractivity contribution in [1.29, 1.82) is 0 Å². The molecule has 1 unspecified atom stereocenters. The fourth-order valence-electron chi connectivity index (χ4n) is 4.20. The van der Waals surface area contributed by atoms with Crippen molar-refractivity contribution in [1.82, 2.24) is 9.62 Å². The van der Waals surface area contributed by atoms with E-state index in [2.05, 4.69) is 15.3 Å². The fourth-order valence-corrected chi connectivity index (χ4v) is 5.17. The molecule has 7 nitrogen and oxygen atoms in total. The third-order valence-electron chi connectivity index (χ3n) is 5.95. The molecule has 0 saturated carbocycles. The Labute approximate surface area is 189 Å². The van der Waals surface area contributed by atoms with Crippen molar-refractivity contribution < 1.29 is 18.8 Å². The molecule has 4 rings (SSSR count). The van der Waals surface area contributed by atoms with Crippen LogP contribution >= 0.6 is 0 Å². The number of nitrogens with two attached hydrogens (primary N) is 1. The quantitative estimate of drug-likeness (QED) is 0.531. The highest BCUT2D eigenvalue weighted by atomic mass is 32.2. The van der Waals surface area contributed by atoms with Crippen molar-refractivity contribution in [3.05, 3.63) is 64.1 Å². The highest BCUT2D eigenvalue weighted by molar-refractivity contribution is 7.92. The van der Waals surface area contributed by atoms with Crippen LogP contribution < -0.4 is 16.0 Å². The van der Waals surface area contributed by atoms with Crippen LogP contribution in [0.25, 0.3) is 6.08 Å². The smallest absolute Gasteiger partial charge is 0.253 e. The van der Waals surface area contributed by atoms with E-state index >= 15 is 0 Å². The molecule has 1 amide bonds. The van der Waals surface area contributed by atoms with Crippen LogP contribution in [0.3, 0.4) is 0 Å². The van der Waals surface area contributed by atoms with Crippen LogP contribution in [0.5, 0.6) is 5.75 Å². The molecule has 0 bridgehead atoms. The van der Waals surface area contributed by atoms with Gasteiger partial charge in [0.05, 0.1) is 11.4 Å². The number of halogens is 1. The lowest BCUT2D eigenvalue weighted by atomic mass is 9.89. The third kappa shape index (κ3) is 4.36.